The highest BCUT2D eigenvalue weighted by Crippen LogP contribution is 2.42. The normalized spacial score (nSPS) is 24.1. The number of aromatic nitrogens is 2. The van der Waals surface area contributed by atoms with E-state index in [9.17, 15) is 9.59 Å². The van der Waals surface area contributed by atoms with E-state index in [-0.39, 0.29) is 23.9 Å². The SMILES string of the molecule is COc1ccc2ncc3c(c2n1)N(C)C([C@H]1CC[C@H](N2C(=O)c4ccccc4C2=O)CC1)CO3. The summed E-state index contributed by atoms with van der Waals surface area (Å²) in [6.07, 6.45) is 5.21. The van der Waals surface area contributed by atoms with Gasteiger partial charge in [-0.25, -0.2) is 4.98 Å². The predicted molar refractivity (Wildman–Crippen MR) is 126 cm³/mol. The average molecular weight is 459 g/mol. The lowest BCUT2D eigenvalue weighted by molar-refractivity contribution is 0.0515. The van der Waals surface area contributed by atoms with Gasteiger partial charge in [0.25, 0.3) is 11.8 Å². The molecule has 0 radical (unpaired) electrons. The van der Waals surface area contributed by atoms with Gasteiger partial charge in [0, 0.05) is 19.2 Å². The second kappa shape index (κ2) is 7.97. The Kier molecular flexibility index (Phi) is 4.90. The third-order valence-electron chi connectivity index (χ3n) is 7.57. The molecule has 0 saturated heterocycles. The topological polar surface area (TPSA) is 84.9 Å². The van der Waals surface area contributed by atoms with Gasteiger partial charge in [-0.2, -0.15) is 0 Å². The fourth-order valence-corrected chi connectivity index (χ4v) is 5.77. The fourth-order valence-electron chi connectivity index (χ4n) is 5.77. The molecule has 0 bridgehead atoms. The summed E-state index contributed by atoms with van der Waals surface area (Å²) in [6.45, 7) is 0.572. The van der Waals surface area contributed by atoms with Crippen molar-refractivity contribution in [2.24, 2.45) is 5.92 Å². The number of amides is 2. The molecule has 2 amide bonds. The van der Waals surface area contributed by atoms with E-state index in [4.69, 9.17) is 9.47 Å². The van der Waals surface area contributed by atoms with Gasteiger partial charge in [-0.05, 0) is 49.8 Å². The molecule has 8 heteroatoms. The van der Waals surface area contributed by atoms with E-state index in [0.29, 0.717) is 29.5 Å². The highest BCUT2D eigenvalue weighted by molar-refractivity contribution is 6.21. The van der Waals surface area contributed by atoms with Crippen molar-refractivity contribution in [3.05, 3.63) is 53.7 Å². The third-order valence-corrected chi connectivity index (χ3v) is 7.57. The number of nitrogens with zero attached hydrogens (tertiary/aromatic N) is 4. The van der Waals surface area contributed by atoms with Gasteiger partial charge in [0.1, 0.15) is 17.8 Å². The van der Waals surface area contributed by atoms with Crippen LogP contribution >= 0.6 is 0 Å². The lowest BCUT2D eigenvalue weighted by Gasteiger charge is -2.43. The number of likely N-dealkylation sites (N-methyl/N-ethyl adjacent to an activating group) is 1. The molecule has 174 valence electrons. The lowest BCUT2D eigenvalue weighted by atomic mass is 9.80. The van der Waals surface area contributed by atoms with Crippen LogP contribution in [-0.4, -0.2) is 59.5 Å². The van der Waals surface area contributed by atoms with Gasteiger partial charge in [-0.1, -0.05) is 12.1 Å². The molecule has 1 unspecified atom stereocenters. The van der Waals surface area contributed by atoms with Crippen LogP contribution < -0.4 is 14.4 Å². The lowest BCUT2D eigenvalue weighted by Crippen LogP contribution is -2.49. The zero-order valence-corrected chi connectivity index (χ0v) is 19.2. The molecule has 2 aromatic heterocycles. The summed E-state index contributed by atoms with van der Waals surface area (Å²) in [6, 6.07) is 11.0. The van der Waals surface area contributed by atoms with Gasteiger partial charge in [0.05, 0.1) is 36.0 Å². The molecule has 1 fully saturated rings. The number of carbonyl (C=O) groups excluding carboxylic acids is 2. The monoisotopic (exact) mass is 458 g/mol. The van der Waals surface area contributed by atoms with Crippen LogP contribution in [0.2, 0.25) is 0 Å². The Labute approximate surface area is 197 Å². The minimum absolute atomic E-state index is 0.0540. The largest absolute Gasteiger partial charge is 0.488 e. The molecule has 2 aliphatic heterocycles. The molecule has 34 heavy (non-hydrogen) atoms. The second-order valence-corrected chi connectivity index (χ2v) is 9.28. The first-order valence-electron chi connectivity index (χ1n) is 11.7. The molecule has 4 heterocycles. The summed E-state index contributed by atoms with van der Waals surface area (Å²) in [4.78, 5) is 38.7. The summed E-state index contributed by atoms with van der Waals surface area (Å²) in [7, 11) is 3.69. The van der Waals surface area contributed by atoms with E-state index < -0.39 is 0 Å². The fraction of sp³-hybridized carbons (Fsp3) is 0.385. The number of hydrogen-bond acceptors (Lipinski definition) is 7. The van der Waals surface area contributed by atoms with Crippen LogP contribution in [0, 0.1) is 5.92 Å². The van der Waals surface area contributed by atoms with Crippen molar-refractivity contribution in [2.75, 3.05) is 25.7 Å². The number of imide groups is 1. The molecule has 1 saturated carbocycles. The summed E-state index contributed by atoms with van der Waals surface area (Å²) in [5.74, 6) is 1.34. The zero-order chi connectivity index (χ0) is 23.4. The molecular formula is C26H26N4O4. The van der Waals surface area contributed by atoms with Crippen molar-refractivity contribution in [1.82, 2.24) is 14.9 Å². The van der Waals surface area contributed by atoms with E-state index in [1.807, 2.05) is 24.3 Å². The predicted octanol–water partition coefficient (Wildman–Crippen LogP) is 3.69. The Hall–Kier alpha value is -3.68. The number of ether oxygens (including phenoxy) is 2. The molecule has 0 spiro atoms. The molecule has 6 rings (SSSR count). The van der Waals surface area contributed by atoms with E-state index in [1.54, 1.807) is 25.4 Å². The van der Waals surface area contributed by atoms with Gasteiger partial charge in [0.15, 0.2) is 5.75 Å². The maximum absolute atomic E-state index is 12.9. The Bertz CT molecular complexity index is 1260. The first-order valence-corrected chi connectivity index (χ1v) is 11.7. The highest BCUT2D eigenvalue weighted by atomic mass is 16.5. The second-order valence-electron chi connectivity index (χ2n) is 9.28. The number of fused-ring (bicyclic) bond motifs is 4. The van der Waals surface area contributed by atoms with Crippen LogP contribution in [0.15, 0.2) is 42.6 Å². The zero-order valence-electron chi connectivity index (χ0n) is 19.2. The molecular weight excluding hydrogens is 432 g/mol. The molecule has 0 N–H and O–H groups in total. The number of anilines is 1. The van der Waals surface area contributed by atoms with Crippen molar-refractivity contribution >= 4 is 28.5 Å². The van der Waals surface area contributed by atoms with Crippen LogP contribution in [0.4, 0.5) is 5.69 Å². The van der Waals surface area contributed by atoms with Crippen molar-refractivity contribution in [1.29, 1.82) is 0 Å². The number of benzene rings is 1. The average Bonchev–Trinajstić information content (AvgIpc) is 3.13. The van der Waals surface area contributed by atoms with Crippen LogP contribution in [-0.2, 0) is 0 Å². The van der Waals surface area contributed by atoms with Gasteiger partial charge >= 0.3 is 0 Å². The quantitative estimate of drug-likeness (QED) is 0.554. The highest BCUT2D eigenvalue weighted by Gasteiger charge is 2.43. The Morgan fingerprint density at radius 2 is 1.71 bits per heavy atom. The summed E-state index contributed by atoms with van der Waals surface area (Å²) < 4.78 is 11.5. The maximum Gasteiger partial charge on any atom is 0.261 e. The standard InChI is InChI=1S/C26H26N4O4/c1-29-20(14-34-21-13-27-19-11-12-22(33-2)28-23(19)24(21)29)15-7-9-16(10-8-15)30-25(31)17-5-3-4-6-18(17)26(30)32/h3-6,11-13,15-16,20H,7-10,14H2,1-2H3/t15-,16-,20?. The number of rotatable bonds is 3. The summed E-state index contributed by atoms with van der Waals surface area (Å²) >= 11 is 0. The summed E-state index contributed by atoms with van der Waals surface area (Å²) in [5, 5.41) is 0. The Morgan fingerprint density at radius 3 is 2.38 bits per heavy atom. The van der Waals surface area contributed by atoms with Gasteiger partial charge < -0.3 is 14.4 Å². The van der Waals surface area contributed by atoms with Crippen molar-refractivity contribution in [2.45, 2.75) is 37.8 Å². The van der Waals surface area contributed by atoms with Gasteiger partial charge in [-0.3, -0.25) is 19.5 Å². The Balaban J connectivity index is 1.21. The van der Waals surface area contributed by atoms with Gasteiger partial charge in [-0.15, -0.1) is 0 Å². The molecule has 3 aliphatic rings. The first-order chi connectivity index (χ1) is 16.6. The van der Waals surface area contributed by atoms with Crippen LogP contribution in [0.5, 0.6) is 11.6 Å². The summed E-state index contributed by atoms with van der Waals surface area (Å²) in [5.41, 5.74) is 3.54. The van der Waals surface area contributed by atoms with Crippen molar-refractivity contribution in [3.8, 4) is 11.6 Å². The maximum atomic E-state index is 12.9. The minimum atomic E-state index is -0.157. The van der Waals surface area contributed by atoms with E-state index >= 15 is 0 Å². The molecule has 1 aromatic carbocycles. The van der Waals surface area contributed by atoms with Crippen LogP contribution in [0.1, 0.15) is 46.4 Å². The number of pyridine rings is 2. The Morgan fingerprint density at radius 1 is 1.00 bits per heavy atom. The third kappa shape index (κ3) is 3.12. The smallest absolute Gasteiger partial charge is 0.261 e. The number of hydrogen-bond donors (Lipinski definition) is 0. The van der Waals surface area contributed by atoms with Crippen LogP contribution in [0.3, 0.4) is 0 Å². The van der Waals surface area contributed by atoms with Crippen molar-refractivity contribution < 1.29 is 19.1 Å². The number of methoxy groups -OCH3 is 1. The van der Waals surface area contributed by atoms with Gasteiger partial charge in [0.2, 0.25) is 5.88 Å². The van der Waals surface area contributed by atoms with Crippen LogP contribution in [0.25, 0.3) is 11.0 Å². The van der Waals surface area contributed by atoms with E-state index in [1.165, 1.54) is 4.90 Å². The van der Waals surface area contributed by atoms with E-state index in [0.717, 1.165) is 48.2 Å². The first kappa shape index (κ1) is 20.9. The van der Waals surface area contributed by atoms with Crippen molar-refractivity contribution in [3.63, 3.8) is 0 Å². The molecule has 8 nitrogen and oxygen atoms in total. The van der Waals surface area contributed by atoms with E-state index in [2.05, 4.69) is 21.9 Å². The number of carbonyl (C=O) groups is 2. The molecule has 3 aromatic rings. The molecule has 1 atom stereocenters. The molecule has 1 aliphatic carbocycles. The minimum Gasteiger partial charge on any atom is -0.488 e.